The Kier molecular flexibility index (Phi) is 3.89. The highest BCUT2D eigenvalue weighted by Crippen LogP contribution is 2.19. The van der Waals surface area contributed by atoms with E-state index in [4.69, 9.17) is 16.3 Å². The third kappa shape index (κ3) is 3.11. The number of thiophene rings is 1. The van der Waals surface area contributed by atoms with Crippen LogP contribution in [0.25, 0.3) is 0 Å². The molecular formula is C14H13ClN2O2S. The molecule has 2 aromatic heterocycles. The lowest BCUT2D eigenvalue weighted by Gasteiger charge is -2.38. The smallest absolute Gasteiger partial charge is 0.228 e. The zero-order chi connectivity index (χ0) is 13.9. The molecule has 1 fully saturated rings. The van der Waals surface area contributed by atoms with E-state index in [2.05, 4.69) is 4.98 Å². The van der Waals surface area contributed by atoms with Crippen LogP contribution in [0.3, 0.4) is 0 Å². The molecule has 2 aromatic rings. The lowest BCUT2D eigenvalue weighted by Crippen LogP contribution is -2.56. The van der Waals surface area contributed by atoms with Gasteiger partial charge in [-0.05, 0) is 17.5 Å². The van der Waals surface area contributed by atoms with Crippen LogP contribution >= 0.6 is 22.9 Å². The highest BCUT2D eigenvalue weighted by Gasteiger charge is 2.32. The lowest BCUT2D eigenvalue weighted by molar-refractivity contribution is -0.139. The van der Waals surface area contributed by atoms with Crippen LogP contribution in [0.2, 0.25) is 5.02 Å². The van der Waals surface area contributed by atoms with E-state index in [-0.39, 0.29) is 12.0 Å². The fourth-order valence-electron chi connectivity index (χ4n) is 1.99. The first-order valence-electron chi connectivity index (χ1n) is 6.29. The first-order valence-corrected chi connectivity index (χ1v) is 7.55. The SMILES string of the molecule is O=C(Cc1cccs1)N1CC(Oc2ccc(Cl)cn2)C1. The summed E-state index contributed by atoms with van der Waals surface area (Å²) in [4.78, 5) is 19.0. The van der Waals surface area contributed by atoms with Gasteiger partial charge in [0.2, 0.25) is 11.8 Å². The summed E-state index contributed by atoms with van der Waals surface area (Å²) in [6.45, 7) is 1.24. The normalized spacial score (nSPS) is 14.9. The van der Waals surface area contributed by atoms with E-state index in [1.54, 1.807) is 34.6 Å². The molecule has 3 heterocycles. The van der Waals surface area contributed by atoms with E-state index in [1.165, 1.54) is 0 Å². The van der Waals surface area contributed by atoms with Gasteiger partial charge < -0.3 is 9.64 Å². The van der Waals surface area contributed by atoms with Gasteiger partial charge >= 0.3 is 0 Å². The summed E-state index contributed by atoms with van der Waals surface area (Å²) in [6, 6.07) is 7.41. The van der Waals surface area contributed by atoms with Crippen LogP contribution in [0.4, 0.5) is 0 Å². The van der Waals surface area contributed by atoms with Crippen molar-refractivity contribution >= 4 is 28.8 Å². The van der Waals surface area contributed by atoms with Gasteiger partial charge in [-0.3, -0.25) is 4.79 Å². The standard InChI is InChI=1S/C14H13ClN2O2S/c15-10-3-4-13(16-7-10)19-11-8-17(9-11)14(18)6-12-2-1-5-20-12/h1-5,7,11H,6,8-9H2. The quantitative estimate of drug-likeness (QED) is 0.872. The molecule has 0 aromatic carbocycles. The molecule has 1 saturated heterocycles. The van der Waals surface area contributed by atoms with E-state index in [9.17, 15) is 4.79 Å². The Hall–Kier alpha value is -1.59. The Morgan fingerprint density at radius 3 is 2.95 bits per heavy atom. The number of ether oxygens (including phenoxy) is 1. The summed E-state index contributed by atoms with van der Waals surface area (Å²) in [5.74, 6) is 0.695. The number of amides is 1. The molecule has 20 heavy (non-hydrogen) atoms. The molecule has 6 heteroatoms. The molecule has 1 amide bonds. The number of aromatic nitrogens is 1. The second kappa shape index (κ2) is 5.81. The van der Waals surface area contributed by atoms with Crippen molar-refractivity contribution in [1.82, 2.24) is 9.88 Å². The fraction of sp³-hybridized carbons (Fsp3) is 0.286. The van der Waals surface area contributed by atoms with Gasteiger partial charge in [-0.25, -0.2) is 4.98 Å². The van der Waals surface area contributed by atoms with E-state index in [0.717, 1.165) is 4.88 Å². The Bertz CT molecular complexity index is 580. The third-order valence-corrected chi connectivity index (χ3v) is 4.19. The van der Waals surface area contributed by atoms with E-state index in [1.807, 2.05) is 17.5 Å². The molecule has 4 nitrogen and oxygen atoms in total. The number of pyridine rings is 1. The minimum atomic E-state index is 0.0240. The molecular weight excluding hydrogens is 296 g/mol. The zero-order valence-corrected chi connectivity index (χ0v) is 12.2. The predicted octanol–water partition coefficient (Wildman–Crippen LogP) is 2.63. The van der Waals surface area contributed by atoms with Gasteiger partial charge in [-0.2, -0.15) is 0 Å². The first-order chi connectivity index (χ1) is 9.70. The van der Waals surface area contributed by atoms with Gasteiger partial charge in [0.25, 0.3) is 0 Å². The van der Waals surface area contributed by atoms with Crippen LogP contribution in [-0.4, -0.2) is 35.0 Å². The van der Waals surface area contributed by atoms with Crippen molar-refractivity contribution in [3.8, 4) is 5.88 Å². The number of carbonyl (C=O) groups is 1. The molecule has 0 spiro atoms. The van der Waals surface area contributed by atoms with Crippen molar-refractivity contribution in [2.24, 2.45) is 0 Å². The number of likely N-dealkylation sites (tertiary alicyclic amines) is 1. The predicted molar refractivity (Wildman–Crippen MR) is 78.3 cm³/mol. The van der Waals surface area contributed by atoms with Crippen LogP contribution in [0.5, 0.6) is 5.88 Å². The molecule has 1 aliphatic rings. The van der Waals surface area contributed by atoms with Gasteiger partial charge in [0.15, 0.2) is 0 Å². The second-order valence-electron chi connectivity index (χ2n) is 4.61. The Labute approximate surface area is 126 Å². The maximum Gasteiger partial charge on any atom is 0.228 e. The minimum Gasteiger partial charge on any atom is -0.471 e. The number of hydrogen-bond donors (Lipinski definition) is 0. The summed E-state index contributed by atoms with van der Waals surface area (Å²) in [5.41, 5.74) is 0. The molecule has 0 unspecified atom stereocenters. The number of halogens is 1. The van der Waals surface area contributed by atoms with E-state index >= 15 is 0 Å². The number of carbonyl (C=O) groups excluding carboxylic acids is 1. The van der Waals surface area contributed by atoms with Crippen molar-refractivity contribution in [3.05, 3.63) is 45.7 Å². The topological polar surface area (TPSA) is 42.4 Å². The largest absolute Gasteiger partial charge is 0.471 e. The van der Waals surface area contributed by atoms with Crippen molar-refractivity contribution in [1.29, 1.82) is 0 Å². The number of rotatable bonds is 4. The van der Waals surface area contributed by atoms with Crippen LogP contribution < -0.4 is 4.74 Å². The number of nitrogens with zero attached hydrogens (tertiary/aromatic N) is 2. The molecule has 0 radical (unpaired) electrons. The van der Waals surface area contributed by atoms with Crippen molar-refractivity contribution in [3.63, 3.8) is 0 Å². The summed E-state index contributed by atoms with van der Waals surface area (Å²) >= 11 is 7.37. The van der Waals surface area contributed by atoms with E-state index < -0.39 is 0 Å². The fourth-order valence-corrected chi connectivity index (χ4v) is 2.80. The molecule has 0 bridgehead atoms. The summed E-state index contributed by atoms with van der Waals surface area (Å²) in [6.07, 6.45) is 2.05. The van der Waals surface area contributed by atoms with Crippen LogP contribution in [0, 0.1) is 0 Å². The minimum absolute atomic E-state index is 0.0240. The summed E-state index contributed by atoms with van der Waals surface area (Å²) < 4.78 is 5.66. The van der Waals surface area contributed by atoms with Crippen molar-refractivity contribution in [2.45, 2.75) is 12.5 Å². The summed E-state index contributed by atoms with van der Waals surface area (Å²) in [7, 11) is 0. The van der Waals surface area contributed by atoms with Gasteiger partial charge in [0, 0.05) is 17.1 Å². The molecule has 0 atom stereocenters. The highest BCUT2D eigenvalue weighted by atomic mass is 35.5. The van der Waals surface area contributed by atoms with Crippen LogP contribution in [0.1, 0.15) is 4.88 Å². The maximum absolute atomic E-state index is 12.0. The van der Waals surface area contributed by atoms with Gasteiger partial charge in [0.05, 0.1) is 24.5 Å². The Morgan fingerprint density at radius 2 is 2.30 bits per heavy atom. The maximum atomic E-state index is 12.0. The van der Waals surface area contributed by atoms with Gasteiger partial charge in [-0.15, -0.1) is 11.3 Å². The lowest BCUT2D eigenvalue weighted by atomic mass is 10.1. The van der Waals surface area contributed by atoms with Crippen molar-refractivity contribution in [2.75, 3.05) is 13.1 Å². The zero-order valence-electron chi connectivity index (χ0n) is 10.7. The number of hydrogen-bond acceptors (Lipinski definition) is 4. The van der Waals surface area contributed by atoms with Gasteiger partial charge in [0.1, 0.15) is 6.10 Å². The average molecular weight is 309 g/mol. The molecule has 104 valence electrons. The van der Waals surface area contributed by atoms with Crippen molar-refractivity contribution < 1.29 is 9.53 Å². The van der Waals surface area contributed by atoms with E-state index in [0.29, 0.717) is 30.4 Å². The average Bonchev–Trinajstić information content (AvgIpc) is 2.88. The molecule has 0 saturated carbocycles. The van der Waals surface area contributed by atoms with Gasteiger partial charge in [-0.1, -0.05) is 17.7 Å². The first kappa shape index (κ1) is 13.4. The third-order valence-electron chi connectivity index (χ3n) is 3.09. The molecule has 0 aliphatic carbocycles. The Morgan fingerprint density at radius 1 is 1.45 bits per heavy atom. The molecule has 1 aliphatic heterocycles. The Balaban J connectivity index is 1.46. The highest BCUT2D eigenvalue weighted by molar-refractivity contribution is 7.10. The van der Waals surface area contributed by atoms with Crippen LogP contribution in [-0.2, 0) is 11.2 Å². The monoisotopic (exact) mass is 308 g/mol. The summed E-state index contributed by atoms with van der Waals surface area (Å²) in [5, 5.41) is 2.57. The molecule has 3 rings (SSSR count). The van der Waals surface area contributed by atoms with Crippen LogP contribution in [0.15, 0.2) is 35.8 Å². The second-order valence-corrected chi connectivity index (χ2v) is 6.08. The molecule has 0 N–H and O–H groups in total.